The van der Waals surface area contributed by atoms with E-state index in [-0.39, 0.29) is 37.4 Å². The highest BCUT2D eigenvalue weighted by Gasteiger charge is 2.34. The Balaban J connectivity index is 1.37. The quantitative estimate of drug-likeness (QED) is 0.281. The molecule has 0 spiro atoms. The van der Waals surface area contributed by atoms with Crippen molar-refractivity contribution in [3.63, 3.8) is 0 Å². The van der Waals surface area contributed by atoms with Gasteiger partial charge >= 0.3 is 6.09 Å². The summed E-state index contributed by atoms with van der Waals surface area (Å²) in [4.78, 5) is 40.7. The van der Waals surface area contributed by atoms with E-state index in [9.17, 15) is 18.8 Å². The summed E-state index contributed by atoms with van der Waals surface area (Å²) < 4.78 is 30.2. The van der Waals surface area contributed by atoms with Crippen molar-refractivity contribution in [1.29, 1.82) is 0 Å². The summed E-state index contributed by atoms with van der Waals surface area (Å²) in [6.45, 7) is 6.12. The SMILES string of the molecule is CC(C)(C)OC(=O)N1CCC[C@H]1CC(=O)N[C@@H](COCc1ccccc1)C(=O)Nc1ccc(Oc2ccc(F)cc2)cc1. The Bertz CT molecular complexity index is 1360. The number of rotatable bonds is 11. The van der Waals surface area contributed by atoms with Crippen LogP contribution in [0.5, 0.6) is 11.5 Å². The molecule has 3 aromatic rings. The third-order valence-corrected chi connectivity index (χ3v) is 6.65. The van der Waals surface area contributed by atoms with Crippen molar-refractivity contribution in [2.75, 3.05) is 18.5 Å². The summed E-state index contributed by atoms with van der Waals surface area (Å²) in [5.74, 6) is -0.199. The van der Waals surface area contributed by atoms with Gasteiger partial charge in [-0.1, -0.05) is 30.3 Å². The van der Waals surface area contributed by atoms with Crippen molar-refractivity contribution in [3.05, 3.63) is 90.2 Å². The first-order valence-corrected chi connectivity index (χ1v) is 14.3. The molecule has 0 unspecified atom stereocenters. The first kappa shape index (κ1) is 31.5. The molecule has 2 atom stereocenters. The number of benzene rings is 3. The fourth-order valence-corrected chi connectivity index (χ4v) is 4.60. The van der Waals surface area contributed by atoms with Crippen molar-refractivity contribution in [2.45, 2.75) is 64.3 Å². The Morgan fingerprint density at radius 2 is 1.60 bits per heavy atom. The number of halogens is 1. The number of carbonyl (C=O) groups is 3. The van der Waals surface area contributed by atoms with Crippen molar-refractivity contribution >= 4 is 23.6 Å². The average molecular weight is 592 g/mol. The normalized spacial score (nSPS) is 15.4. The highest BCUT2D eigenvalue weighted by molar-refractivity contribution is 5.97. The van der Waals surface area contributed by atoms with Gasteiger partial charge in [-0.25, -0.2) is 9.18 Å². The molecule has 4 rings (SSSR count). The first-order chi connectivity index (χ1) is 20.6. The average Bonchev–Trinajstić information content (AvgIpc) is 3.42. The monoisotopic (exact) mass is 591 g/mol. The van der Waals surface area contributed by atoms with Crippen molar-refractivity contribution < 1.29 is 33.0 Å². The Hall–Kier alpha value is -4.44. The van der Waals surface area contributed by atoms with Crippen LogP contribution in [-0.4, -0.2) is 53.6 Å². The third-order valence-electron chi connectivity index (χ3n) is 6.65. The first-order valence-electron chi connectivity index (χ1n) is 14.3. The molecule has 0 saturated carbocycles. The number of carbonyl (C=O) groups excluding carboxylic acids is 3. The predicted molar refractivity (Wildman–Crippen MR) is 160 cm³/mol. The van der Waals surface area contributed by atoms with E-state index in [2.05, 4.69) is 10.6 Å². The molecule has 3 aromatic carbocycles. The van der Waals surface area contributed by atoms with Gasteiger partial charge in [-0.05, 0) is 87.7 Å². The maximum absolute atomic E-state index is 13.3. The van der Waals surface area contributed by atoms with Crippen LogP contribution in [0.2, 0.25) is 0 Å². The van der Waals surface area contributed by atoms with Crippen LogP contribution in [0.3, 0.4) is 0 Å². The van der Waals surface area contributed by atoms with Gasteiger partial charge in [-0.15, -0.1) is 0 Å². The van der Waals surface area contributed by atoms with E-state index in [0.717, 1.165) is 12.0 Å². The molecule has 3 amide bonds. The molecule has 0 aromatic heterocycles. The van der Waals surface area contributed by atoms with Crippen LogP contribution in [0.15, 0.2) is 78.9 Å². The van der Waals surface area contributed by atoms with Crippen LogP contribution in [0, 0.1) is 5.82 Å². The summed E-state index contributed by atoms with van der Waals surface area (Å²) in [6.07, 6.45) is 1.02. The van der Waals surface area contributed by atoms with Crippen LogP contribution in [0.4, 0.5) is 14.9 Å². The zero-order valence-corrected chi connectivity index (χ0v) is 24.7. The van der Waals surface area contributed by atoms with Gasteiger partial charge in [0.15, 0.2) is 0 Å². The second-order valence-corrected chi connectivity index (χ2v) is 11.4. The fraction of sp³-hybridized carbons (Fsp3) is 0.364. The molecule has 0 bridgehead atoms. The molecule has 1 saturated heterocycles. The van der Waals surface area contributed by atoms with Crippen LogP contribution >= 0.6 is 0 Å². The number of hydrogen-bond donors (Lipinski definition) is 2. The van der Waals surface area contributed by atoms with Gasteiger partial charge in [0.25, 0.3) is 0 Å². The molecule has 10 heteroatoms. The van der Waals surface area contributed by atoms with E-state index in [1.807, 2.05) is 30.3 Å². The molecule has 228 valence electrons. The summed E-state index contributed by atoms with van der Waals surface area (Å²) in [5.41, 5.74) is 0.783. The molecule has 0 aliphatic carbocycles. The maximum Gasteiger partial charge on any atom is 0.410 e. The molecule has 0 radical (unpaired) electrons. The van der Waals surface area contributed by atoms with E-state index in [4.69, 9.17) is 14.2 Å². The minimum Gasteiger partial charge on any atom is -0.457 e. The molecule has 1 aliphatic rings. The Morgan fingerprint density at radius 1 is 0.953 bits per heavy atom. The van der Waals surface area contributed by atoms with E-state index in [1.54, 1.807) is 49.9 Å². The van der Waals surface area contributed by atoms with Crippen LogP contribution < -0.4 is 15.4 Å². The summed E-state index contributed by atoms with van der Waals surface area (Å²) in [6, 6.07) is 20.5. The zero-order chi connectivity index (χ0) is 30.8. The van der Waals surface area contributed by atoms with Gasteiger partial charge in [0.2, 0.25) is 11.8 Å². The molecule has 43 heavy (non-hydrogen) atoms. The Labute approximate surface area is 251 Å². The van der Waals surface area contributed by atoms with Gasteiger partial charge in [0.05, 0.1) is 13.2 Å². The zero-order valence-electron chi connectivity index (χ0n) is 24.7. The smallest absolute Gasteiger partial charge is 0.410 e. The topological polar surface area (TPSA) is 106 Å². The standard InChI is InChI=1S/C33H38FN3O6/c1-33(2,3)43-32(40)37-19-7-10-26(37)20-30(38)36-29(22-41-21-23-8-5-4-6-9-23)31(39)35-25-13-17-28(18-14-25)42-27-15-11-24(34)12-16-27/h4-6,8-9,11-18,26,29H,7,10,19-22H2,1-3H3,(H,35,39)(H,36,38)/t26-,29-/m0/s1. The molecule has 9 nitrogen and oxygen atoms in total. The Morgan fingerprint density at radius 3 is 2.26 bits per heavy atom. The molecule has 1 heterocycles. The molecule has 2 N–H and O–H groups in total. The maximum atomic E-state index is 13.3. The number of hydrogen-bond acceptors (Lipinski definition) is 6. The number of likely N-dealkylation sites (tertiary alicyclic amines) is 1. The molecular formula is C33H38FN3O6. The second-order valence-electron chi connectivity index (χ2n) is 11.4. The minimum absolute atomic E-state index is 0.0388. The van der Waals surface area contributed by atoms with Gasteiger partial charge in [-0.3, -0.25) is 9.59 Å². The number of ether oxygens (including phenoxy) is 3. The molecular weight excluding hydrogens is 553 g/mol. The number of amides is 3. The van der Waals surface area contributed by atoms with Gasteiger partial charge < -0.3 is 29.7 Å². The van der Waals surface area contributed by atoms with Gasteiger partial charge in [0, 0.05) is 24.7 Å². The van der Waals surface area contributed by atoms with E-state index < -0.39 is 23.6 Å². The lowest BCUT2D eigenvalue weighted by Crippen LogP contribution is -2.49. The Kier molecular flexibility index (Phi) is 10.7. The number of nitrogens with zero attached hydrogens (tertiary/aromatic N) is 1. The lowest BCUT2D eigenvalue weighted by molar-refractivity contribution is -0.128. The van der Waals surface area contributed by atoms with E-state index in [0.29, 0.717) is 30.2 Å². The van der Waals surface area contributed by atoms with E-state index >= 15 is 0 Å². The van der Waals surface area contributed by atoms with Crippen molar-refractivity contribution in [1.82, 2.24) is 10.2 Å². The highest BCUT2D eigenvalue weighted by atomic mass is 19.1. The van der Waals surface area contributed by atoms with Crippen LogP contribution in [0.1, 0.15) is 45.6 Å². The van der Waals surface area contributed by atoms with Crippen LogP contribution in [-0.2, 0) is 25.7 Å². The van der Waals surface area contributed by atoms with Gasteiger partial charge in [-0.2, -0.15) is 0 Å². The lowest BCUT2D eigenvalue weighted by Gasteiger charge is -2.28. The van der Waals surface area contributed by atoms with Crippen molar-refractivity contribution in [2.24, 2.45) is 0 Å². The highest BCUT2D eigenvalue weighted by Crippen LogP contribution is 2.24. The third kappa shape index (κ3) is 10.1. The molecule has 1 fully saturated rings. The number of anilines is 1. The second kappa shape index (κ2) is 14.6. The van der Waals surface area contributed by atoms with Crippen molar-refractivity contribution in [3.8, 4) is 11.5 Å². The largest absolute Gasteiger partial charge is 0.457 e. The number of nitrogens with one attached hydrogen (secondary N) is 2. The predicted octanol–water partition coefficient (Wildman–Crippen LogP) is 6.05. The van der Waals surface area contributed by atoms with E-state index in [1.165, 1.54) is 24.3 Å². The molecule has 1 aliphatic heterocycles. The summed E-state index contributed by atoms with van der Waals surface area (Å²) in [7, 11) is 0. The van der Waals surface area contributed by atoms with Gasteiger partial charge in [0.1, 0.15) is 29.0 Å². The van der Waals surface area contributed by atoms with Crippen LogP contribution in [0.25, 0.3) is 0 Å². The fourth-order valence-electron chi connectivity index (χ4n) is 4.60. The summed E-state index contributed by atoms with van der Waals surface area (Å²) in [5, 5.41) is 5.61. The summed E-state index contributed by atoms with van der Waals surface area (Å²) >= 11 is 0. The minimum atomic E-state index is -0.984. The lowest BCUT2D eigenvalue weighted by atomic mass is 10.1.